The summed E-state index contributed by atoms with van der Waals surface area (Å²) in [5.74, 6) is 0.308. The van der Waals surface area contributed by atoms with Crippen LogP contribution in [0.5, 0.6) is 5.75 Å². The number of phenolic OH excluding ortho intramolecular Hbond substituents is 1. The van der Waals surface area contributed by atoms with Crippen LogP contribution in [-0.4, -0.2) is 10.9 Å². The van der Waals surface area contributed by atoms with Gasteiger partial charge in [0, 0.05) is 6.42 Å². The lowest BCUT2D eigenvalue weighted by Crippen LogP contribution is -2.04. The number of carbonyl (C=O) groups is 1. The van der Waals surface area contributed by atoms with E-state index in [2.05, 4.69) is 15.9 Å². The number of fused-ring (bicyclic) bond motifs is 1. The number of ketones is 1. The predicted molar refractivity (Wildman–Crippen MR) is 53.6 cm³/mol. The highest BCUT2D eigenvalue weighted by molar-refractivity contribution is 9.10. The fourth-order valence-corrected chi connectivity index (χ4v) is 1.75. The maximum absolute atomic E-state index is 11.1. The number of aromatic hydroxyl groups is 1. The number of phenols is 1. The van der Waals surface area contributed by atoms with Gasteiger partial charge in [0.2, 0.25) is 0 Å². The summed E-state index contributed by atoms with van der Waals surface area (Å²) < 4.78 is 0.634. The van der Waals surface area contributed by atoms with E-state index < -0.39 is 0 Å². The Morgan fingerprint density at radius 2 is 2.08 bits per heavy atom. The van der Waals surface area contributed by atoms with Crippen LogP contribution in [0.25, 0.3) is 6.08 Å². The third-order valence-corrected chi connectivity index (χ3v) is 2.66. The highest BCUT2D eigenvalue weighted by Gasteiger charge is 2.12. The molecular formula is C10H7BrO2. The molecule has 0 aromatic heterocycles. The van der Waals surface area contributed by atoms with Gasteiger partial charge in [0.05, 0.1) is 4.47 Å². The zero-order valence-electron chi connectivity index (χ0n) is 6.75. The summed E-state index contributed by atoms with van der Waals surface area (Å²) in [5, 5.41) is 9.38. The highest BCUT2D eigenvalue weighted by Crippen LogP contribution is 2.30. The summed E-state index contributed by atoms with van der Waals surface area (Å²) in [6.07, 6.45) is 3.69. The number of halogens is 1. The molecule has 13 heavy (non-hydrogen) atoms. The van der Waals surface area contributed by atoms with E-state index in [-0.39, 0.29) is 11.5 Å². The average Bonchev–Trinajstić information content (AvgIpc) is 2.08. The standard InChI is InChI=1S/C10H7BrO2/c11-9-4-7-3-8(12)2-1-6(7)5-10(9)13/h1-2,4-5,13H,3H2. The van der Waals surface area contributed by atoms with Gasteiger partial charge in [0.15, 0.2) is 5.78 Å². The van der Waals surface area contributed by atoms with Crippen molar-refractivity contribution in [2.45, 2.75) is 6.42 Å². The summed E-state index contributed by atoms with van der Waals surface area (Å²) in [5.41, 5.74) is 1.87. The molecule has 1 aliphatic rings. The number of hydrogen-bond donors (Lipinski definition) is 1. The summed E-state index contributed by atoms with van der Waals surface area (Å²) in [4.78, 5) is 11.1. The average molecular weight is 239 g/mol. The molecule has 66 valence electrons. The molecule has 0 radical (unpaired) electrons. The second kappa shape index (κ2) is 3.00. The zero-order chi connectivity index (χ0) is 9.42. The van der Waals surface area contributed by atoms with E-state index in [9.17, 15) is 9.90 Å². The van der Waals surface area contributed by atoms with Crippen LogP contribution in [0.3, 0.4) is 0 Å². The van der Waals surface area contributed by atoms with Gasteiger partial charge in [0.1, 0.15) is 5.75 Å². The van der Waals surface area contributed by atoms with Crippen molar-refractivity contribution in [1.82, 2.24) is 0 Å². The van der Waals surface area contributed by atoms with E-state index in [0.717, 1.165) is 11.1 Å². The van der Waals surface area contributed by atoms with Crippen LogP contribution in [-0.2, 0) is 11.2 Å². The van der Waals surface area contributed by atoms with E-state index in [1.807, 2.05) is 0 Å². The topological polar surface area (TPSA) is 37.3 Å². The van der Waals surface area contributed by atoms with Crippen molar-refractivity contribution in [2.24, 2.45) is 0 Å². The van der Waals surface area contributed by atoms with Crippen molar-refractivity contribution in [2.75, 3.05) is 0 Å². The Bertz CT molecular complexity index is 408. The van der Waals surface area contributed by atoms with Crippen molar-refractivity contribution < 1.29 is 9.90 Å². The number of carbonyl (C=O) groups excluding carboxylic acids is 1. The van der Waals surface area contributed by atoms with Gasteiger partial charge in [-0.05, 0) is 45.3 Å². The zero-order valence-corrected chi connectivity index (χ0v) is 8.34. The van der Waals surface area contributed by atoms with Crippen LogP contribution in [0.1, 0.15) is 11.1 Å². The minimum Gasteiger partial charge on any atom is -0.507 e. The summed E-state index contributed by atoms with van der Waals surface area (Å²) in [6, 6.07) is 3.44. The quantitative estimate of drug-likeness (QED) is 0.754. The van der Waals surface area contributed by atoms with E-state index in [1.165, 1.54) is 6.08 Å². The molecule has 0 fully saturated rings. The summed E-state index contributed by atoms with van der Waals surface area (Å²) >= 11 is 3.21. The molecule has 1 aromatic rings. The van der Waals surface area contributed by atoms with Gasteiger partial charge in [-0.2, -0.15) is 0 Å². The maximum Gasteiger partial charge on any atom is 0.160 e. The Labute approximate surface area is 84.0 Å². The van der Waals surface area contributed by atoms with E-state index in [0.29, 0.717) is 10.9 Å². The van der Waals surface area contributed by atoms with Crippen LogP contribution >= 0.6 is 15.9 Å². The third kappa shape index (κ3) is 1.52. The molecule has 0 saturated carbocycles. The molecule has 3 heteroatoms. The number of allylic oxidation sites excluding steroid dienone is 1. The molecule has 0 unspecified atom stereocenters. The lowest BCUT2D eigenvalue weighted by molar-refractivity contribution is -0.114. The normalized spacial score (nSPS) is 14.4. The minimum atomic E-state index is 0.102. The molecule has 1 N–H and O–H groups in total. The second-order valence-corrected chi connectivity index (χ2v) is 3.83. The summed E-state index contributed by atoms with van der Waals surface area (Å²) in [7, 11) is 0. The van der Waals surface area contributed by atoms with Crippen molar-refractivity contribution in [3.63, 3.8) is 0 Å². The molecule has 0 saturated heterocycles. The monoisotopic (exact) mass is 238 g/mol. The van der Waals surface area contributed by atoms with Gasteiger partial charge in [-0.15, -0.1) is 0 Å². The predicted octanol–water partition coefficient (Wildman–Crippen LogP) is 2.29. The molecule has 1 aliphatic carbocycles. The molecule has 2 rings (SSSR count). The Morgan fingerprint density at radius 3 is 2.85 bits per heavy atom. The van der Waals surface area contributed by atoms with Gasteiger partial charge in [0.25, 0.3) is 0 Å². The van der Waals surface area contributed by atoms with Crippen molar-refractivity contribution in [3.8, 4) is 5.75 Å². The largest absolute Gasteiger partial charge is 0.507 e. The number of hydrogen-bond acceptors (Lipinski definition) is 2. The molecule has 0 spiro atoms. The fourth-order valence-electron chi connectivity index (χ4n) is 1.36. The van der Waals surface area contributed by atoms with Gasteiger partial charge in [-0.3, -0.25) is 4.79 Å². The lowest BCUT2D eigenvalue weighted by Gasteiger charge is -2.10. The molecule has 0 heterocycles. The first-order valence-electron chi connectivity index (χ1n) is 3.89. The summed E-state index contributed by atoms with van der Waals surface area (Å²) in [6.45, 7) is 0. The Balaban J connectivity index is 2.58. The molecule has 2 nitrogen and oxygen atoms in total. The van der Waals surface area contributed by atoms with E-state index in [4.69, 9.17) is 0 Å². The van der Waals surface area contributed by atoms with Crippen molar-refractivity contribution in [3.05, 3.63) is 33.8 Å². The van der Waals surface area contributed by atoms with Crippen LogP contribution in [0.2, 0.25) is 0 Å². The number of rotatable bonds is 0. The van der Waals surface area contributed by atoms with Crippen LogP contribution in [0.15, 0.2) is 22.7 Å². The third-order valence-electron chi connectivity index (χ3n) is 2.02. The second-order valence-electron chi connectivity index (χ2n) is 2.98. The van der Waals surface area contributed by atoms with Gasteiger partial charge in [-0.1, -0.05) is 6.08 Å². The van der Waals surface area contributed by atoms with Gasteiger partial charge < -0.3 is 5.11 Å². The Morgan fingerprint density at radius 1 is 1.31 bits per heavy atom. The van der Waals surface area contributed by atoms with Crippen LogP contribution in [0.4, 0.5) is 0 Å². The first-order valence-corrected chi connectivity index (χ1v) is 4.68. The molecule has 0 atom stereocenters. The number of benzene rings is 1. The van der Waals surface area contributed by atoms with Gasteiger partial charge in [-0.25, -0.2) is 0 Å². The minimum absolute atomic E-state index is 0.102. The first-order chi connectivity index (χ1) is 6.16. The lowest BCUT2D eigenvalue weighted by atomic mass is 9.96. The van der Waals surface area contributed by atoms with Crippen molar-refractivity contribution >= 4 is 27.8 Å². The van der Waals surface area contributed by atoms with Crippen molar-refractivity contribution in [1.29, 1.82) is 0 Å². The smallest absolute Gasteiger partial charge is 0.160 e. The fraction of sp³-hybridized carbons (Fsp3) is 0.100. The van der Waals surface area contributed by atoms with Crippen LogP contribution < -0.4 is 0 Å². The SMILES string of the molecule is O=C1C=Cc2cc(O)c(Br)cc2C1. The molecular weight excluding hydrogens is 232 g/mol. The Hall–Kier alpha value is -1.09. The van der Waals surface area contributed by atoms with E-state index >= 15 is 0 Å². The maximum atomic E-state index is 11.1. The molecule has 0 bridgehead atoms. The Kier molecular flexibility index (Phi) is 1.96. The first kappa shape index (κ1) is 8.51. The highest BCUT2D eigenvalue weighted by atomic mass is 79.9. The van der Waals surface area contributed by atoms with Crippen LogP contribution in [0, 0.1) is 0 Å². The van der Waals surface area contributed by atoms with E-state index in [1.54, 1.807) is 18.2 Å². The molecule has 0 aliphatic heterocycles. The molecule has 0 amide bonds. The van der Waals surface area contributed by atoms with Gasteiger partial charge >= 0.3 is 0 Å². The molecule has 1 aromatic carbocycles.